The molecule has 1 aliphatic heterocycles. The number of nitrogens with one attached hydrogen (secondary N) is 1. The number of benzene rings is 2. The SMILES string of the molecule is O=c1[nH]c(=O)n(-c2ccc(F)cc2)c(O)c1C=C1C=Nc2ccc(Br)cc21. The normalized spacial score (nSPS) is 13.9. The van der Waals surface area contributed by atoms with Gasteiger partial charge in [0.15, 0.2) is 0 Å². The van der Waals surface area contributed by atoms with E-state index in [0.717, 1.165) is 32.4 Å². The van der Waals surface area contributed by atoms with Gasteiger partial charge in [0.2, 0.25) is 5.88 Å². The highest BCUT2D eigenvalue weighted by atomic mass is 79.9. The van der Waals surface area contributed by atoms with E-state index in [1.165, 1.54) is 18.2 Å². The van der Waals surface area contributed by atoms with Crippen molar-refractivity contribution in [3.8, 4) is 11.6 Å². The Morgan fingerprint density at radius 3 is 2.63 bits per heavy atom. The van der Waals surface area contributed by atoms with Gasteiger partial charge in [-0.15, -0.1) is 0 Å². The second kappa shape index (κ2) is 6.48. The van der Waals surface area contributed by atoms with Crippen molar-refractivity contribution in [1.82, 2.24) is 9.55 Å². The molecule has 2 N–H and O–H groups in total. The Kier molecular flexibility index (Phi) is 4.12. The third kappa shape index (κ3) is 3.04. The lowest BCUT2D eigenvalue weighted by molar-refractivity contribution is 0.429. The number of aliphatic imine (C=N–C) groups is 1. The molecule has 0 amide bonds. The minimum atomic E-state index is -0.825. The van der Waals surface area contributed by atoms with Gasteiger partial charge in [-0.05, 0) is 48.5 Å². The molecule has 27 heavy (non-hydrogen) atoms. The molecule has 1 aliphatic rings. The first-order valence-electron chi connectivity index (χ1n) is 7.84. The molecular weight excluding hydrogens is 417 g/mol. The van der Waals surface area contributed by atoms with Gasteiger partial charge in [0.05, 0.1) is 11.4 Å². The summed E-state index contributed by atoms with van der Waals surface area (Å²) in [6, 6.07) is 10.5. The first-order valence-corrected chi connectivity index (χ1v) is 8.63. The van der Waals surface area contributed by atoms with E-state index in [1.807, 2.05) is 18.2 Å². The second-order valence-corrected chi connectivity index (χ2v) is 6.74. The molecule has 2 heterocycles. The van der Waals surface area contributed by atoms with Crippen molar-refractivity contribution in [2.75, 3.05) is 0 Å². The molecule has 0 saturated heterocycles. The average Bonchev–Trinajstić information content (AvgIpc) is 3.02. The molecule has 6 nitrogen and oxygen atoms in total. The van der Waals surface area contributed by atoms with Crippen LogP contribution in [-0.4, -0.2) is 20.9 Å². The van der Waals surface area contributed by atoms with Crippen molar-refractivity contribution in [2.45, 2.75) is 0 Å². The van der Waals surface area contributed by atoms with Crippen LogP contribution in [0.5, 0.6) is 5.88 Å². The van der Waals surface area contributed by atoms with E-state index in [-0.39, 0.29) is 11.3 Å². The minimum Gasteiger partial charge on any atom is -0.494 e. The third-order valence-electron chi connectivity index (χ3n) is 4.12. The zero-order valence-corrected chi connectivity index (χ0v) is 15.2. The molecule has 0 saturated carbocycles. The Morgan fingerprint density at radius 2 is 1.89 bits per heavy atom. The van der Waals surface area contributed by atoms with Gasteiger partial charge in [-0.25, -0.2) is 13.8 Å². The Morgan fingerprint density at radius 1 is 1.15 bits per heavy atom. The number of fused-ring (bicyclic) bond motifs is 1. The van der Waals surface area contributed by atoms with Crippen molar-refractivity contribution < 1.29 is 9.50 Å². The molecule has 0 atom stereocenters. The second-order valence-electron chi connectivity index (χ2n) is 5.83. The maximum Gasteiger partial charge on any atom is 0.335 e. The third-order valence-corrected chi connectivity index (χ3v) is 4.61. The molecule has 1 aromatic heterocycles. The maximum atomic E-state index is 13.2. The summed E-state index contributed by atoms with van der Waals surface area (Å²) >= 11 is 3.39. The zero-order chi connectivity index (χ0) is 19.1. The van der Waals surface area contributed by atoms with Crippen molar-refractivity contribution in [3.05, 3.63) is 84.7 Å². The van der Waals surface area contributed by atoms with E-state index in [1.54, 1.807) is 6.21 Å². The molecule has 0 fully saturated rings. The minimum absolute atomic E-state index is 0.104. The number of hydrogen-bond donors (Lipinski definition) is 2. The van der Waals surface area contributed by atoms with E-state index in [9.17, 15) is 19.1 Å². The quantitative estimate of drug-likeness (QED) is 0.656. The van der Waals surface area contributed by atoms with Crippen LogP contribution < -0.4 is 11.2 Å². The topological polar surface area (TPSA) is 87.5 Å². The summed E-state index contributed by atoms with van der Waals surface area (Å²) in [5.41, 5.74) is 0.673. The lowest BCUT2D eigenvalue weighted by Gasteiger charge is -2.10. The number of nitrogens with zero attached hydrogens (tertiary/aromatic N) is 2. The molecule has 134 valence electrons. The Bertz CT molecular complexity index is 1240. The van der Waals surface area contributed by atoms with Crippen LogP contribution in [0, 0.1) is 5.82 Å². The molecular formula is C19H11BrFN3O3. The van der Waals surface area contributed by atoms with E-state index < -0.39 is 22.9 Å². The summed E-state index contributed by atoms with van der Waals surface area (Å²) in [6.45, 7) is 0. The average molecular weight is 428 g/mol. The van der Waals surface area contributed by atoms with Gasteiger partial charge < -0.3 is 5.11 Å². The van der Waals surface area contributed by atoms with Crippen LogP contribution in [-0.2, 0) is 0 Å². The van der Waals surface area contributed by atoms with Crippen LogP contribution in [0.4, 0.5) is 10.1 Å². The van der Waals surface area contributed by atoms with E-state index in [0.29, 0.717) is 5.57 Å². The van der Waals surface area contributed by atoms with Crippen LogP contribution in [0.25, 0.3) is 17.3 Å². The smallest absolute Gasteiger partial charge is 0.335 e. The number of aromatic nitrogens is 2. The van der Waals surface area contributed by atoms with Crippen LogP contribution in [0.2, 0.25) is 0 Å². The highest BCUT2D eigenvalue weighted by Crippen LogP contribution is 2.35. The number of hydrogen-bond acceptors (Lipinski definition) is 4. The molecule has 3 aromatic rings. The molecule has 8 heteroatoms. The summed E-state index contributed by atoms with van der Waals surface area (Å²) in [7, 11) is 0. The molecule has 4 rings (SSSR count). The van der Waals surface area contributed by atoms with Crippen LogP contribution >= 0.6 is 15.9 Å². The molecule has 0 aliphatic carbocycles. The van der Waals surface area contributed by atoms with Gasteiger partial charge in [0, 0.05) is 21.8 Å². The highest BCUT2D eigenvalue weighted by molar-refractivity contribution is 9.10. The summed E-state index contributed by atoms with van der Waals surface area (Å²) < 4.78 is 14.9. The van der Waals surface area contributed by atoms with Gasteiger partial charge in [-0.2, -0.15) is 0 Å². The van der Waals surface area contributed by atoms with E-state index in [4.69, 9.17) is 0 Å². The molecule has 2 aromatic carbocycles. The Labute approximate surface area is 160 Å². The first kappa shape index (κ1) is 17.2. The van der Waals surface area contributed by atoms with Crippen molar-refractivity contribution >= 4 is 39.5 Å². The largest absolute Gasteiger partial charge is 0.494 e. The zero-order valence-electron chi connectivity index (χ0n) is 13.6. The highest BCUT2D eigenvalue weighted by Gasteiger charge is 2.18. The van der Waals surface area contributed by atoms with Gasteiger partial charge in [-0.3, -0.25) is 14.8 Å². The number of halogens is 2. The molecule has 0 unspecified atom stereocenters. The lowest BCUT2D eigenvalue weighted by atomic mass is 10.1. The summed E-state index contributed by atoms with van der Waals surface area (Å²) in [4.78, 5) is 30.9. The molecule has 0 bridgehead atoms. The number of aromatic amines is 1. The van der Waals surface area contributed by atoms with E-state index in [2.05, 4.69) is 25.9 Å². The van der Waals surface area contributed by atoms with Crippen molar-refractivity contribution in [1.29, 1.82) is 0 Å². The monoisotopic (exact) mass is 427 g/mol. The van der Waals surface area contributed by atoms with E-state index >= 15 is 0 Å². The number of aromatic hydroxyl groups is 1. The molecule has 0 radical (unpaired) electrons. The lowest BCUT2D eigenvalue weighted by Crippen LogP contribution is -2.30. The first-order chi connectivity index (χ1) is 12.9. The van der Waals surface area contributed by atoms with Crippen LogP contribution in [0.1, 0.15) is 11.1 Å². The Balaban J connectivity index is 1.91. The van der Waals surface area contributed by atoms with Crippen molar-refractivity contribution in [2.24, 2.45) is 4.99 Å². The number of allylic oxidation sites excluding steroid dienone is 1. The standard InChI is InChI=1S/C19H11BrFN3O3/c20-11-1-6-16-14(8-11)10(9-22-16)7-15-17(25)23-19(27)24(18(15)26)13-4-2-12(21)3-5-13/h1-9,26H,(H,23,25,27). The fraction of sp³-hybridized carbons (Fsp3) is 0. The fourth-order valence-electron chi connectivity index (χ4n) is 2.83. The predicted octanol–water partition coefficient (Wildman–Crippen LogP) is 3.39. The Hall–Kier alpha value is -3.26. The van der Waals surface area contributed by atoms with Crippen LogP contribution in [0.3, 0.4) is 0 Å². The van der Waals surface area contributed by atoms with Crippen molar-refractivity contribution in [3.63, 3.8) is 0 Å². The van der Waals surface area contributed by atoms with Crippen LogP contribution in [0.15, 0.2) is 61.5 Å². The number of rotatable bonds is 2. The predicted molar refractivity (Wildman–Crippen MR) is 104 cm³/mol. The number of H-pyrrole nitrogens is 1. The summed E-state index contributed by atoms with van der Waals surface area (Å²) in [5.74, 6) is -1.03. The van der Waals surface area contributed by atoms with Gasteiger partial charge >= 0.3 is 5.69 Å². The summed E-state index contributed by atoms with van der Waals surface area (Å²) in [6.07, 6.45) is 3.03. The summed E-state index contributed by atoms with van der Waals surface area (Å²) in [5, 5.41) is 10.6. The van der Waals surface area contributed by atoms with Gasteiger partial charge in [-0.1, -0.05) is 15.9 Å². The van der Waals surface area contributed by atoms with Gasteiger partial charge in [0.25, 0.3) is 5.56 Å². The fourth-order valence-corrected chi connectivity index (χ4v) is 3.19. The van der Waals surface area contributed by atoms with Gasteiger partial charge in [0.1, 0.15) is 11.4 Å². The molecule has 0 spiro atoms. The maximum absolute atomic E-state index is 13.2.